The molecule has 4 heteroatoms. The van der Waals surface area contributed by atoms with E-state index in [4.69, 9.17) is 10.8 Å². The largest absolute Gasteiger partial charge is 0.508 e. The third kappa shape index (κ3) is 2.97. The molecule has 1 saturated carbocycles. The second-order valence-corrected chi connectivity index (χ2v) is 4.58. The van der Waals surface area contributed by atoms with Crippen LogP contribution in [0, 0.1) is 0 Å². The van der Waals surface area contributed by atoms with E-state index in [9.17, 15) is 4.79 Å². The lowest BCUT2D eigenvalue weighted by molar-refractivity contribution is 0.0921. The van der Waals surface area contributed by atoms with Crippen LogP contribution in [0.3, 0.4) is 0 Å². The summed E-state index contributed by atoms with van der Waals surface area (Å²) in [6.45, 7) is 0. The number of amides is 1. The Balaban J connectivity index is 1.98. The van der Waals surface area contributed by atoms with Gasteiger partial charge in [0.2, 0.25) is 0 Å². The van der Waals surface area contributed by atoms with Gasteiger partial charge in [-0.1, -0.05) is 12.8 Å². The van der Waals surface area contributed by atoms with Crippen LogP contribution >= 0.6 is 0 Å². The molecular formula is C13H18N2O2. The van der Waals surface area contributed by atoms with E-state index in [1.54, 1.807) is 12.1 Å². The molecule has 1 aromatic rings. The Labute approximate surface area is 101 Å². The molecule has 1 aliphatic rings. The fourth-order valence-electron chi connectivity index (χ4n) is 2.20. The van der Waals surface area contributed by atoms with Gasteiger partial charge in [-0.05, 0) is 37.1 Å². The Morgan fingerprint density at radius 1 is 1.24 bits per heavy atom. The topological polar surface area (TPSA) is 75.3 Å². The van der Waals surface area contributed by atoms with Crippen molar-refractivity contribution >= 4 is 5.91 Å². The van der Waals surface area contributed by atoms with Crippen molar-refractivity contribution in [2.75, 3.05) is 0 Å². The molecule has 92 valence electrons. The lowest BCUT2D eigenvalue weighted by Gasteiger charge is -2.29. The highest BCUT2D eigenvalue weighted by atomic mass is 16.3. The van der Waals surface area contributed by atoms with Crippen molar-refractivity contribution in [1.82, 2.24) is 5.32 Å². The monoisotopic (exact) mass is 234 g/mol. The Hall–Kier alpha value is -1.55. The molecule has 0 bridgehead atoms. The predicted octanol–water partition coefficient (Wildman–Crippen LogP) is 1.39. The number of rotatable bonds is 2. The number of phenolic OH excluding ortho intramolecular Hbond substituents is 1. The van der Waals surface area contributed by atoms with Crippen LogP contribution in [0.5, 0.6) is 5.75 Å². The maximum absolute atomic E-state index is 11.9. The van der Waals surface area contributed by atoms with Gasteiger partial charge in [0.05, 0.1) is 0 Å². The van der Waals surface area contributed by atoms with Gasteiger partial charge in [-0.3, -0.25) is 4.79 Å². The zero-order valence-corrected chi connectivity index (χ0v) is 9.73. The van der Waals surface area contributed by atoms with Gasteiger partial charge >= 0.3 is 0 Å². The van der Waals surface area contributed by atoms with E-state index in [2.05, 4.69) is 5.32 Å². The summed E-state index contributed by atoms with van der Waals surface area (Å²) in [6.07, 6.45) is 4.19. The van der Waals surface area contributed by atoms with Crippen molar-refractivity contribution in [2.24, 2.45) is 5.73 Å². The van der Waals surface area contributed by atoms with Crippen molar-refractivity contribution in [3.63, 3.8) is 0 Å². The van der Waals surface area contributed by atoms with Gasteiger partial charge in [-0.2, -0.15) is 0 Å². The maximum Gasteiger partial charge on any atom is 0.251 e. The van der Waals surface area contributed by atoms with E-state index in [0.29, 0.717) is 5.56 Å². The van der Waals surface area contributed by atoms with E-state index >= 15 is 0 Å². The molecule has 1 fully saturated rings. The number of phenols is 1. The third-order valence-electron chi connectivity index (χ3n) is 3.27. The number of aromatic hydroxyl groups is 1. The molecule has 0 spiro atoms. The minimum absolute atomic E-state index is 0.0600. The van der Waals surface area contributed by atoms with Crippen molar-refractivity contribution < 1.29 is 9.90 Å². The summed E-state index contributed by atoms with van der Waals surface area (Å²) in [4.78, 5) is 11.9. The van der Waals surface area contributed by atoms with E-state index < -0.39 is 0 Å². The van der Waals surface area contributed by atoms with Gasteiger partial charge in [0.15, 0.2) is 0 Å². The zero-order chi connectivity index (χ0) is 12.3. The first-order chi connectivity index (χ1) is 8.16. The van der Waals surface area contributed by atoms with Crippen LogP contribution in [0.2, 0.25) is 0 Å². The second-order valence-electron chi connectivity index (χ2n) is 4.58. The van der Waals surface area contributed by atoms with Crippen LogP contribution in [-0.2, 0) is 0 Å². The Morgan fingerprint density at radius 3 is 2.53 bits per heavy atom. The van der Waals surface area contributed by atoms with E-state index in [0.717, 1.165) is 25.7 Å². The molecule has 2 atom stereocenters. The molecule has 17 heavy (non-hydrogen) atoms. The smallest absolute Gasteiger partial charge is 0.251 e. The Morgan fingerprint density at radius 2 is 1.88 bits per heavy atom. The molecule has 0 aliphatic heterocycles. The maximum atomic E-state index is 11.9. The van der Waals surface area contributed by atoms with Crippen LogP contribution < -0.4 is 11.1 Å². The molecule has 0 heterocycles. The minimum Gasteiger partial charge on any atom is -0.508 e. The molecule has 4 nitrogen and oxygen atoms in total. The fraction of sp³-hybridized carbons (Fsp3) is 0.462. The van der Waals surface area contributed by atoms with Gasteiger partial charge in [0.25, 0.3) is 5.91 Å². The fourth-order valence-corrected chi connectivity index (χ4v) is 2.20. The summed E-state index contributed by atoms with van der Waals surface area (Å²) < 4.78 is 0. The molecule has 4 N–H and O–H groups in total. The number of nitrogens with two attached hydrogens (primary N) is 1. The molecule has 0 saturated heterocycles. The highest BCUT2D eigenvalue weighted by molar-refractivity contribution is 5.94. The first-order valence-corrected chi connectivity index (χ1v) is 6.02. The van der Waals surface area contributed by atoms with Gasteiger partial charge in [-0.15, -0.1) is 0 Å². The van der Waals surface area contributed by atoms with Gasteiger partial charge in [-0.25, -0.2) is 0 Å². The normalized spacial score (nSPS) is 24.3. The van der Waals surface area contributed by atoms with Crippen LogP contribution in [0.15, 0.2) is 24.3 Å². The minimum atomic E-state index is -0.118. The van der Waals surface area contributed by atoms with Gasteiger partial charge in [0.1, 0.15) is 5.75 Å². The quantitative estimate of drug-likeness (QED) is 0.724. The Kier molecular flexibility index (Phi) is 3.64. The number of hydrogen-bond donors (Lipinski definition) is 3. The van der Waals surface area contributed by atoms with E-state index in [1.807, 2.05) is 0 Å². The van der Waals surface area contributed by atoms with E-state index in [-0.39, 0.29) is 23.7 Å². The van der Waals surface area contributed by atoms with E-state index in [1.165, 1.54) is 12.1 Å². The molecule has 0 aromatic heterocycles. The second kappa shape index (κ2) is 5.19. The summed E-state index contributed by atoms with van der Waals surface area (Å²) in [5.74, 6) is 0.0447. The highest BCUT2D eigenvalue weighted by Crippen LogP contribution is 2.17. The molecule has 0 unspecified atom stereocenters. The van der Waals surface area contributed by atoms with Crippen molar-refractivity contribution in [3.05, 3.63) is 29.8 Å². The predicted molar refractivity (Wildman–Crippen MR) is 65.8 cm³/mol. The summed E-state index contributed by atoms with van der Waals surface area (Å²) in [5.41, 5.74) is 6.53. The van der Waals surface area contributed by atoms with Crippen LogP contribution in [0.1, 0.15) is 36.0 Å². The summed E-state index contributed by atoms with van der Waals surface area (Å²) in [7, 11) is 0. The van der Waals surface area contributed by atoms with Crippen molar-refractivity contribution in [3.8, 4) is 5.75 Å². The van der Waals surface area contributed by atoms with Crippen LogP contribution in [-0.4, -0.2) is 23.1 Å². The molecule has 0 radical (unpaired) electrons. The van der Waals surface area contributed by atoms with Crippen molar-refractivity contribution in [1.29, 1.82) is 0 Å². The molecule has 1 amide bonds. The molecular weight excluding hydrogens is 216 g/mol. The van der Waals surface area contributed by atoms with Gasteiger partial charge in [0, 0.05) is 17.6 Å². The molecule has 1 aromatic carbocycles. The number of carbonyl (C=O) groups excluding carboxylic acids is 1. The average Bonchev–Trinajstić information content (AvgIpc) is 2.33. The number of carbonyl (C=O) groups is 1. The lowest BCUT2D eigenvalue weighted by atomic mass is 9.91. The Bertz CT molecular complexity index is 389. The number of hydrogen-bond acceptors (Lipinski definition) is 3. The zero-order valence-electron chi connectivity index (χ0n) is 9.73. The molecule has 2 rings (SSSR count). The van der Waals surface area contributed by atoms with Crippen LogP contribution in [0.25, 0.3) is 0 Å². The summed E-state index contributed by atoms with van der Waals surface area (Å²) in [5, 5.41) is 12.1. The first-order valence-electron chi connectivity index (χ1n) is 6.02. The third-order valence-corrected chi connectivity index (χ3v) is 3.27. The average molecular weight is 234 g/mol. The van der Waals surface area contributed by atoms with Gasteiger partial charge < -0.3 is 16.2 Å². The van der Waals surface area contributed by atoms with Crippen LogP contribution in [0.4, 0.5) is 0 Å². The molecule has 1 aliphatic carbocycles. The standard InChI is InChI=1S/C13H18N2O2/c14-11-3-1-2-4-12(11)15-13(17)9-5-7-10(16)8-6-9/h5-8,11-12,16H,1-4,14H2,(H,15,17)/t11-,12-/m1/s1. The highest BCUT2D eigenvalue weighted by Gasteiger charge is 2.23. The number of nitrogens with one attached hydrogen (secondary N) is 1. The number of benzene rings is 1. The first kappa shape index (κ1) is 11.9. The SMILES string of the molecule is N[C@@H]1CCCC[C@H]1NC(=O)c1ccc(O)cc1. The lowest BCUT2D eigenvalue weighted by Crippen LogP contribution is -2.49. The van der Waals surface area contributed by atoms with Crippen molar-refractivity contribution in [2.45, 2.75) is 37.8 Å². The summed E-state index contributed by atoms with van der Waals surface area (Å²) >= 11 is 0. The summed E-state index contributed by atoms with van der Waals surface area (Å²) in [6, 6.07) is 6.37.